The molecule has 2 rings (SSSR count). The van der Waals surface area contributed by atoms with Crippen molar-refractivity contribution >= 4 is 0 Å². The lowest BCUT2D eigenvalue weighted by molar-refractivity contribution is 0.0825. The summed E-state index contributed by atoms with van der Waals surface area (Å²) in [7, 11) is 0. The van der Waals surface area contributed by atoms with Gasteiger partial charge in [0.1, 0.15) is 5.82 Å². The predicted molar refractivity (Wildman–Crippen MR) is 60.5 cm³/mol. The number of aromatic nitrogens is 3. The molecular weight excluding hydrogens is 206 g/mol. The van der Waals surface area contributed by atoms with Crippen LogP contribution in [0.2, 0.25) is 0 Å². The van der Waals surface area contributed by atoms with E-state index in [0.29, 0.717) is 11.8 Å². The standard InChI is InChI=1S/C11H19N3O2/c1-8(2)7-14-10(12-13-11(14)15)9-3-5-16-6-4-9/h8-9H,3-7H2,1-2H3,(H,13,15). The molecule has 2 heterocycles. The van der Waals surface area contributed by atoms with Gasteiger partial charge >= 0.3 is 5.69 Å². The van der Waals surface area contributed by atoms with Crippen LogP contribution in [0.3, 0.4) is 0 Å². The molecule has 0 radical (unpaired) electrons. The minimum atomic E-state index is -0.0878. The number of hydrogen-bond donors (Lipinski definition) is 1. The normalized spacial score (nSPS) is 18.2. The van der Waals surface area contributed by atoms with Gasteiger partial charge in [-0.05, 0) is 18.8 Å². The molecule has 1 aromatic heterocycles. The summed E-state index contributed by atoms with van der Waals surface area (Å²) < 4.78 is 7.10. The van der Waals surface area contributed by atoms with E-state index in [2.05, 4.69) is 24.0 Å². The van der Waals surface area contributed by atoms with Crippen LogP contribution < -0.4 is 5.69 Å². The van der Waals surface area contributed by atoms with Crippen LogP contribution >= 0.6 is 0 Å². The van der Waals surface area contributed by atoms with E-state index in [4.69, 9.17) is 4.74 Å². The topological polar surface area (TPSA) is 59.9 Å². The molecule has 0 saturated carbocycles. The Balaban J connectivity index is 2.22. The van der Waals surface area contributed by atoms with Crippen molar-refractivity contribution in [2.24, 2.45) is 5.92 Å². The number of rotatable bonds is 3. The van der Waals surface area contributed by atoms with Gasteiger partial charge in [0.05, 0.1) is 0 Å². The zero-order chi connectivity index (χ0) is 11.5. The minimum absolute atomic E-state index is 0.0878. The van der Waals surface area contributed by atoms with Crippen LogP contribution in [0.15, 0.2) is 4.79 Å². The van der Waals surface area contributed by atoms with Crippen molar-refractivity contribution in [2.45, 2.75) is 39.2 Å². The first-order valence-corrected chi connectivity index (χ1v) is 5.91. The molecule has 90 valence electrons. The molecule has 5 nitrogen and oxygen atoms in total. The molecule has 0 aliphatic carbocycles. The first kappa shape index (κ1) is 11.4. The maximum absolute atomic E-state index is 11.6. The molecule has 0 bridgehead atoms. The largest absolute Gasteiger partial charge is 0.381 e. The molecule has 16 heavy (non-hydrogen) atoms. The van der Waals surface area contributed by atoms with Crippen LogP contribution in [-0.2, 0) is 11.3 Å². The summed E-state index contributed by atoms with van der Waals surface area (Å²) >= 11 is 0. The first-order chi connectivity index (χ1) is 7.68. The lowest BCUT2D eigenvalue weighted by Crippen LogP contribution is -2.25. The van der Waals surface area contributed by atoms with Gasteiger partial charge in [-0.2, -0.15) is 5.10 Å². The van der Waals surface area contributed by atoms with Gasteiger partial charge in [-0.3, -0.25) is 4.57 Å². The highest BCUT2D eigenvalue weighted by molar-refractivity contribution is 4.98. The number of hydrogen-bond acceptors (Lipinski definition) is 3. The first-order valence-electron chi connectivity index (χ1n) is 5.91. The summed E-state index contributed by atoms with van der Waals surface area (Å²) in [6, 6.07) is 0. The fourth-order valence-corrected chi connectivity index (χ4v) is 2.14. The predicted octanol–water partition coefficient (Wildman–Crippen LogP) is 1.12. The molecular formula is C11H19N3O2. The second-order valence-electron chi connectivity index (χ2n) is 4.78. The lowest BCUT2D eigenvalue weighted by atomic mass is 9.99. The van der Waals surface area contributed by atoms with Crippen LogP contribution in [0.1, 0.15) is 38.4 Å². The maximum atomic E-state index is 11.6. The van der Waals surface area contributed by atoms with E-state index in [1.807, 2.05) is 0 Å². The van der Waals surface area contributed by atoms with Crippen molar-refractivity contribution in [3.8, 4) is 0 Å². The summed E-state index contributed by atoms with van der Waals surface area (Å²) in [6.07, 6.45) is 1.92. The summed E-state index contributed by atoms with van der Waals surface area (Å²) in [6.45, 7) is 6.49. The van der Waals surface area contributed by atoms with Gasteiger partial charge in [0.2, 0.25) is 0 Å². The highest BCUT2D eigenvalue weighted by atomic mass is 16.5. The third-order valence-electron chi connectivity index (χ3n) is 2.92. The van der Waals surface area contributed by atoms with E-state index in [-0.39, 0.29) is 5.69 Å². The molecule has 1 aliphatic heterocycles. The number of nitrogens with one attached hydrogen (secondary N) is 1. The van der Waals surface area contributed by atoms with Crippen molar-refractivity contribution in [3.05, 3.63) is 16.3 Å². The number of ether oxygens (including phenoxy) is 1. The molecule has 1 saturated heterocycles. The molecule has 0 amide bonds. The fourth-order valence-electron chi connectivity index (χ4n) is 2.14. The average molecular weight is 225 g/mol. The van der Waals surface area contributed by atoms with Gasteiger partial charge in [-0.25, -0.2) is 9.89 Å². The van der Waals surface area contributed by atoms with Gasteiger partial charge in [0.25, 0.3) is 0 Å². The van der Waals surface area contributed by atoms with Crippen molar-refractivity contribution in [3.63, 3.8) is 0 Å². The Kier molecular flexibility index (Phi) is 3.43. The third kappa shape index (κ3) is 2.35. The molecule has 5 heteroatoms. The highest BCUT2D eigenvalue weighted by Crippen LogP contribution is 2.24. The Morgan fingerprint density at radius 2 is 2.19 bits per heavy atom. The molecule has 1 aliphatic rings. The van der Waals surface area contributed by atoms with E-state index < -0.39 is 0 Å². The van der Waals surface area contributed by atoms with Gasteiger partial charge in [-0.1, -0.05) is 13.8 Å². The summed E-state index contributed by atoms with van der Waals surface area (Å²) in [5.41, 5.74) is -0.0878. The van der Waals surface area contributed by atoms with Gasteiger partial charge in [-0.15, -0.1) is 0 Å². The molecule has 0 spiro atoms. The van der Waals surface area contributed by atoms with Crippen molar-refractivity contribution < 1.29 is 4.74 Å². The zero-order valence-corrected chi connectivity index (χ0v) is 9.90. The molecule has 1 N–H and O–H groups in total. The maximum Gasteiger partial charge on any atom is 0.343 e. The molecule has 0 unspecified atom stereocenters. The molecule has 0 aromatic carbocycles. The lowest BCUT2D eigenvalue weighted by Gasteiger charge is -2.21. The van der Waals surface area contributed by atoms with Crippen LogP contribution in [-0.4, -0.2) is 28.0 Å². The fraction of sp³-hybridized carbons (Fsp3) is 0.818. The molecule has 0 atom stereocenters. The quantitative estimate of drug-likeness (QED) is 0.838. The van der Waals surface area contributed by atoms with E-state index in [1.165, 1.54) is 0 Å². The van der Waals surface area contributed by atoms with Gasteiger partial charge < -0.3 is 4.74 Å². The minimum Gasteiger partial charge on any atom is -0.381 e. The van der Waals surface area contributed by atoms with Crippen LogP contribution in [0.5, 0.6) is 0 Å². The Morgan fingerprint density at radius 1 is 1.50 bits per heavy atom. The van der Waals surface area contributed by atoms with E-state index in [9.17, 15) is 4.79 Å². The Hall–Kier alpha value is -1.10. The Bertz CT molecular complexity index is 388. The number of H-pyrrole nitrogens is 1. The highest BCUT2D eigenvalue weighted by Gasteiger charge is 2.22. The Labute approximate surface area is 94.8 Å². The van der Waals surface area contributed by atoms with Gasteiger partial charge in [0, 0.05) is 25.7 Å². The summed E-state index contributed by atoms with van der Waals surface area (Å²) in [4.78, 5) is 11.6. The smallest absolute Gasteiger partial charge is 0.343 e. The average Bonchev–Trinajstić information content (AvgIpc) is 2.61. The van der Waals surface area contributed by atoms with Crippen molar-refractivity contribution in [1.82, 2.24) is 14.8 Å². The zero-order valence-electron chi connectivity index (χ0n) is 9.90. The SMILES string of the molecule is CC(C)Cn1c(C2CCOCC2)n[nH]c1=O. The van der Waals surface area contributed by atoms with Crippen LogP contribution in [0.25, 0.3) is 0 Å². The van der Waals surface area contributed by atoms with Crippen molar-refractivity contribution in [2.75, 3.05) is 13.2 Å². The van der Waals surface area contributed by atoms with Crippen LogP contribution in [0.4, 0.5) is 0 Å². The number of nitrogens with zero attached hydrogens (tertiary/aromatic N) is 2. The second-order valence-corrected chi connectivity index (χ2v) is 4.78. The second kappa shape index (κ2) is 4.82. The van der Waals surface area contributed by atoms with E-state index in [1.54, 1.807) is 4.57 Å². The summed E-state index contributed by atoms with van der Waals surface area (Å²) in [5, 5.41) is 6.72. The molecule has 1 aromatic rings. The van der Waals surface area contributed by atoms with E-state index in [0.717, 1.165) is 38.4 Å². The van der Waals surface area contributed by atoms with E-state index >= 15 is 0 Å². The van der Waals surface area contributed by atoms with Crippen molar-refractivity contribution in [1.29, 1.82) is 0 Å². The third-order valence-corrected chi connectivity index (χ3v) is 2.92. The van der Waals surface area contributed by atoms with Gasteiger partial charge in [0.15, 0.2) is 0 Å². The molecule has 1 fully saturated rings. The van der Waals surface area contributed by atoms with Crippen LogP contribution in [0, 0.1) is 5.92 Å². The Morgan fingerprint density at radius 3 is 2.81 bits per heavy atom. The number of aromatic amines is 1. The monoisotopic (exact) mass is 225 g/mol. The summed E-state index contributed by atoms with van der Waals surface area (Å²) in [5.74, 6) is 1.72.